The van der Waals surface area contributed by atoms with Gasteiger partial charge < -0.3 is 15.4 Å². The minimum atomic E-state index is -0.480. The van der Waals surface area contributed by atoms with E-state index in [1.165, 1.54) is 23.8 Å². The molecule has 0 aliphatic heterocycles. The van der Waals surface area contributed by atoms with Gasteiger partial charge in [-0.1, -0.05) is 41.6 Å². The van der Waals surface area contributed by atoms with E-state index >= 15 is 0 Å². The number of aromatic nitrogens is 2. The number of benzene rings is 2. The Labute approximate surface area is 183 Å². The summed E-state index contributed by atoms with van der Waals surface area (Å²) in [5, 5.41) is 1.27. The molecule has 0 saturated heterocycles. The van der Waals surface area contributed by atoms with Gasteiger partial charge in [-0.25, -0.2) is 4.98 Å². The average Bonchev–Trinajstić information content (AvgIpc) is 3.21. The van der Waals surface area contributed by atoms with Gasteiger partial charge in [-0.15, -0.1) is 0 Å². The normalized spacial score (nSPS) is 10.6. The quantitative estimate of drug-likeness (QED) is 0.510. The summed E-state index contributed by atoms with van der Waals surface area (Å²) >= 11 is 7.38. The Balaban J connectivity index is 1.79. The first-order valence-electron chi connectivity index (χ1n) is 9.13. The van der Waals surface area contributed by atoms with E-state index in [2.05, 4.69) is 4.98 Å². The smallest absolute Gasteiger partial charge is 0.237 e. The molecule has 30 heavy (non-hydrogen) atoms. The number of nitrogens with zero attached hydrogens (tertiary/aromatic N) is 3. The number of halogens is 1. The van der Waals surface area contributed by atoms with Crippen molar-refractivity contribution in [1.82, 2.24) is 9.55 Å². The van der Waals surface area contributed by atoms with Crippen molar-refractivity contribution in [2.75, 3.05) is 24.3 Å². The van der Waals surface area contributed by atoms with Gasteiger partial charge in [0.05, 0.1) is 18.6 Å². The van der Waals surface area contributed by atoms with Crippen LogP contribution in [-0.2, 0) is 9.59 Å². The van der Waals surface area contributed by atoms with E-state index in [4.69, 9.17) is 22.1 Å². The summed E-state index contributed by atoms with van der Waals surface area (Å²) in [5.41, 5.74) is 6.74. The van der Waals surface area contributed by atoms with E-state index in [0.29, 0.717) is 21.6 Å². The lowest BCUT2D eigenvalue weighted by Gasteiger charge is -2.24. The maximum Gasteiger partial charge on any atom is 0.237 e. The van der Waals surface area contributed by atoms with Crippen LogP contribution < -0.4 is 15.4 Å². The van der Waals surface area contributed by atoms with Crippen molar-refractivity contribution in [2.24, 2.45) is 5.73 Å². The van der Waals surface area contributed by atoms with Gasteiger partial charge in [-0.3, -0.25) is 14.2 Å². The monoisotopic (exact) mass is 444 g/mol. The van der Waals surface area contributed by atoms with E-state index < -0.39 is 5.91 Å². The van der Waals surface area contributed by atoms with Crippen molar-refractivity contribution in [1.29, 1.82) is 0 Å². The average molecular weight is 445 g/mol. The predicted molar refractivity (Wildman–Crippen MR) is 118 cm³/mol. The molecule has 0 saturated carbocycles. The first kappa shape index (κ1) is 21.7. The zero-order valence-electron chi connectivity index (χ0n) is 16.3. The molecule has 7 nitrogen and oxygen atoms in total. The third kappa shape index (κ3) is 5.34. The Hall–Kier alpha value is -2.97. The molecule has 9 heteroatoms. The Morgan fingerprint density at radius 2 is 2.03 bits per heavy atom. The lowest BCUT2D eigenvalue weighted by atomic mass is 10.2. The summed E-state index contributed by atoms with van der Waals surface area (Å²) in [5.74, 6) is -0.00650. The molecule has 3 rings (SSSR count). The van der Waals surface area contributed by atoms with Crippen LogP contribution in [0.5, 0.6) is 5.75 Å². The van der Waals surface area contributed by atoms with Gasteiger partial charge in [0.1, 0.15) is 5.75 Å². The molecule has 0 bridgehead atoms. The topological polar surface area (TPSA) is 90.4 Å². The maximum atomic E-state index is 13.1. The van der Waals surface area contributed by atoms with E-state index in [1.807, 2.05) is 35.0 Å². The minimum absolute atomic E-state index is 0.0472. The van der Waals surface area contributed by atoms with Crippen LogP contribution in [0, 0.1) is 0 Å². The lowest BCUT2D eigenvalue weighted by Crippen LogP contribution is -2.35. The molecule has 156 valence electrons. The van der Waals surface area contributed by atoms with Crippen LogP contribution in [0.25, 0.3) is 5.69 Å². The molecule has 0 fully saturated rings. The number of carbonyl (C=O) groups excluding carboxylic acids is 2. The highest BCUT2D eigenvalue weighted by molar-refractivity contribution is 7.99. The molecule has 2 aromatic carbocycles. The highest BCUT2D eigenvalue weighted by Crippen LogP contribution is 2.29. The highest BCUT2D eigenvalue weighted by Gasteiger charge is 2.21. The molecule has 2 N–H and O–H groups in total. The zero-order chi connectivity index (χ0) is 21.5. The van der Waals surface area contributed by atoms with Crippen LogP contribution in [0.15, 0.2) is 66.1 Å². The summed E-state index contributed by atoms with van der Waals surface area (Å²) in [6.45, 7) is 0.165. The second-order valence-corrected chi connectivity index (χ2v) is 7.66. The molecular formula is C21H21ClN4O3S. The van der Waals surface area contributed by atoms with Crippen LogP contribution in [0.3, 0.4) is 0 Å². The number of primary amides is 1. The fraction of sp³-hybridized carbons (Fsp3) is 0.190. The lowest BCUT2D eigenvalue weighted by molar-refractivity contribution is -0.118. The highest BCUT2D eigenvalue weighted by atomic mass is 35.5. The third-order valence-electron chi connectivity index (χ3n) is 4.28. The number of nitrogens with two attached hydrogens (primary N) is 1. The molecular weight excluding hydrogens is 424 g/mol. The van der Waals surface area contributed by atoms with Gasteiger partial charge in [0.25, 0.3) is 0 Å². The van der Waals surface area contributed by atoms with Gasteiger partial charge in [-0.2, -0.15) is 0 Å². The summed E-state index contributed by atoms with van der Waals surface area (Å²) in [6.07, 6.45) is 3.52. The number of rotatable bonds is 9. The number of carbonyl (C=O) groups is 2. The van der Waals surface area contributed by atoms with E-state index in [9.17, 15) is 9.59 Å². The molecule has 1 aromatic heterocycles. The van der Waals surface area contributed by atoms with Crippen molar-refractivity contribution >= 4 is 40.9 Å². The van der Waals surface area contributed by atoms with Crippen molar-refractivity contribution in [2.45, 2.75) is 11.6 Å². The van der Waals surface area contributed by atoms with Crippen molar-refractivity contribution in [3.63, 3.8) is 0 Å². The molecule has 0 spiro atoms. The molecule has 0 radical (unpaired) electrons. The van der Waals surface area contributed by atoms with Crippen LogP contribution in [-0.4, -0.2) is 40.8 Å². The molecule has 2 amide bonds. The largest absolute Gasteiger partial charge is 0.495 e. The molecule has 0 aliphatic carbocycles. The van der Waals surface area contributed by atoms with Gasteiger partial charge in [-0.05, 0) is 30.3 Å². The first-order valence-corrected chi connectivity index (χ1v) is 10.5. The van der Waals surface area contributed by atoms with Crippen LogP contribution in [0.1, 0.15) is 6.42 Å². The summed E-state index contributed by atoms with van der Waals surface area (Å²) in [6, 6.07) is 14.5. The van der Waals surface area contributed by atoms with E-state index in [-0.39, 0.29) is 24.6 Å². The zero-order valence-corrected chi connectivity index (χ0v) is 17.9. The standard InChI is InChI=1S/C21H21ClN4O3S/c1-29-18-8-3-2-7-17(18)26(11-9-19(23)27)20(28)14-30-21-24-10-12-25(21)16-6-4-5-15(22)13-16/h2-8,10,12-13H,9,11,14H2,1H3,(H2,23,27). The van der Waals surface area contributed by atoms with E-state index in [1.54, 1.807) is 30.5 Å². The number of thioether (sulfide) groups is 1. The van der Waals surface area contributed by atoms with Crippen molar-refractivity contribution in [3.05, 3.63) is 65.9 Å². The summed E-state index contributed by atoms with van der Waals surface area (Å²) in [4.78, 5) is 30.2. The number of methoxy groups -OCH3 is 1. The number of anilines is 1. The van der Waals surface area contributed by atoms with Gasteiger partial charge >= 0.3 is 0 Å². The third-order valence-corrected chi connectivity index (χ3v) is 5.46. The SMILES string of the molecule is COc1ccccc1N(CCC(N)=O)C(=O)CSc1nccn1-c1cccc(Cl)c1. The predicted octanol–water partition coefficient (Wildman–Crippen LogP) is 3.54. The number of para-hydroxylation sites is 2. The van der Waals surface area contributed by atoms with Crippen LogP contribution >= 0.6 is 23.4 Å². The second-order valence-electron chi connectivity index (χ2n) is 6.28. The second kappa shape index (κ2) is 10.2. The van der Waals surface area contributed by atoms with Crippen molar-refractivity contribution in [3.8, 4) is 11.4 Å². The fourth-order valence-corrected chi connectivity index (χ4v) is 3.91. The van der Waals surface area contributed by atoms with Crippen LogP contribution in [0.4, 0.5) is 5.69 Å². The Morgan fingerprint density at radius 3 is 2.77 bits per heavy atom. The van der Waals surface area contributed by atoms with Gasteiger partial charge in [0.15, 0.2) is 5.16 Å². The fourth-order valence-electron chi connectivity index (χ4n) is 2.88. The number of hydrogen-bond donors (Lipinski definition) is 1. The molecule has 0 unspecified atom stereocenters. The molecule has 0 atom stereocenters. The van der Waals surface area contributed by atoms with E-state index in [0.717, 1.165) is 5.69 Å². The molecule has 0 aliphatic rings. The molecule has 1 heterocycles. The Kier molecular flexibility index (Phi) is 7.37. The summed E-state index contributed by atoms with van der Waals surface area (Å²) < 4.78 is 7.24. The number of amides is 2. The first-order chi connectivity index (χ1) is 14.5. The van der Waals surface area contributed by atoms with Gasteiger partial charge in [0, 0.05) is 36.1 Å². The number of hydrogen-bond acceptors (Lipinski definition) is 5. The van der Waals surface area contributed by atoms with Crippen molar-refractivity contribution < 1.29 is 14.3 Å². The number of ether oxygens (including phenoxy) is 1. The minimum Gasteiger partial charge on any atom is -0.495 e. The Morgan fingerprint density at radius 1 is 1.23 bits per heavy atom. The summed E-state index contributed by atoms with van der Waals surface area (Å²) in [7, 11) is 1.53. The number of imidazole rings is 1. The molecule has 3 aromatic rings. The van der Waals surface area contributed by atoms with Crippen LogP contribution in [0.2, 0.25) is 5.02 Å². The Bertz CT molecular complexity index is 1040. The maximum absolute atomic E-state index is 13.1. The van der Waals surface area contributed by atoms with Gasteiger partial charge in [0.2, 0.25) is 11.8 Å².